The van der Waals surface area contributed by atoms with Crippen molar-refractivity contribution in [3.05, 3.63) is 24.3 Å². The summed E-state index contributed by atoms with van der Waals surface area (Å²) in [4.78, 5) is 34.7. The van der Waals surface area contributed by atoms with Gasteiger partial charge < -0.3 is 16.0 Å². The maximum atomic E-state index is 11.9. The van der Waals surface area contributed by atoms with Gasteiger partial charge in [-0.3, -0.25) is 14.4 Å². The zero-order valence-electron chi connectivity index (χ0n) is 12.8. The highest BCUT2D eigenvalue weighted by Crippen LogP contribution is 2.16. The second-order valence-corrected chi connectivity index (χ2v) is 5.87. The van der Waals surface area contributed by atoms with E-state index in [1.807, 2.05) is 13.8 Å². The molecule has 3 N–H and O–H groups in total. The fourth-order valence-corrected chi connectivity index (χ4v) is 2.26. The van der Waals surface area contributed by atoms with Crippen LogP contribution in [0, 0.1) is 5.92 Å². The lowest BCUT2D eigenvalue weighted by atomic mass is 10.1. The standard InChI is InChI=1S/C16H21N3O3/c1-10(2)9-15(21)17-11-3-5-12(6-4-11)18-16(22)13-7-8-14(20)19-13/h3-6,10,13H,7-9H2,1-2H3,(H,17,21)(H,18,22)(H,19,20)/t13-/m1/s1. The predicted molar refractivity (Wildman–Crippen MR) is 84.3 cm³/mol. The third kappa shape index (κ3) is 4.58. The van der Waals surface area contributed by atoms with E-state index < -0.39 is 6.04 Å². The van der Waals surface area contributed by atoms with E-state index in [1.54, 1.807) is 24.3 Å². The Morgan fingerprint density at radius 3 is 2.27 bits per heavy atom. The second-order valence-electron chi connectivity index (χ2n) is 5.87. The van der Waals surface area contributed by atoms with Gasteiger partial charge in [0.25, 0.3) is 0 Å². The molecule has 0 saturated carbocycles. The molecular formula is C16H21N3O3. The van der Waals surface area contributed by atoms with Crippen molar-refractivity contribution in [2.75, 3.05) is 10.6 Å². The molecule has 0 spiro atoms. The minimum Gasteiger partial charge on any atom is -0.344 e. The van der Waals surface area contributed by atoms with Crippen LogP contribution in [0.2, 0.25) is 0 Å². The molecule has 0 aliphatic carbocycles. The van der Waals surface area contributed by atoms with Crippen molar-refractivity contribution in [3.8, 4) is 0 Å². The molecule has 1 heterocycles. The molecule has 6 heteroatoms. The van der Waals surface area contributed by atoms with E-state index in [4.69, 9.17) is 0 Å². The van der Waals surface area contributed by atoms with Crippen LogP contribution < -0.4 is 16.0 Å². The molecule has 0 radical (unpaired) electrons. The number of hydrogen-bond acceptors (Lipinski definition) is 3. The SMILES string of the molecule is CC(C)CC(=O)Nc1ccc(NC(=O)[C@H]2CCC(=O)N2)cc1. The number of amides is 3. The molecule has 1 aliphatic heterocycles. The van der Waals surface area contributed by atoms with Crippen LogP contribution >= 0.6 is 0 Å². The molecule has 1 aromatic carbocycles. The molecule has 1 aromatic rings. The molecule has 1 atom stereocenters. The molecule has 1 fully saturated rings. The van der Waals surface area contributed by atoms with E-state index in [2.05, 4.69) is 16.0 Å². The summed E-state index contributed by atoms with van der Waals surface area (Å²) in [6, 6.07) is 6.46. The van der Waals surface area contributed by atoms with Gasteiger partial charge in [-0.1, -0.05) is 13.8 Å². The van der Waals surface area contributed by atoms with Gasteiger partial charge in [-0.15, -0.1) is 0 Å². The summed E-state index contributed by atoms with van der Waals surface area (Å²) in [5.41, 5.74) is 1.32. The van der Waals surface area contributed by atoms with Gasteiger partial charge in [0, 0.05) is 24.2 Å². The normalized spacial score (nSPS) is 17.2. The van der Waals surface area contributed by atoms with Crippen LogP contribution in [0.5, 0.6) is 0 Å². The fraction of sp³-hybridized carbons (Fsp3) is 0.438. The molecule has 6 nitrogen and oxygen atoms in total. The summed E-state index contributed by atoms with van der Waals surface area (Å²) >= 11 is 0. The van der Waals surface area contributed by atoms with Crippen LogP contribution in [0.4, 0.5) is 11.4 Å². The Kier molecular flexibility index (Phi) is 5.14. The summed E-state index contributed by atoms with van der Waals surface area (Å²) in [6.45, 7) is 3.97. The number of rotatable bonds is 5. The van der Waals surface area contributed by atoms with Crippen molar-refractivity contribution < 1.29 is 14.4 Å². The van der Waals surface area contributed by atoms with Gasteiger partial charge in [-0.05, 0) is 36.6 Å². The highest BCUT2D eigenvalue weighted by Gasteiger charge is 2.27. The third-order valence-electron chi connectivity index (χ3n) is 3.34. The van der Waals surface area contributed by atoms with E-state index >= 15 is 0 Å². The van der Waals surface area contributed by atoms with Crippen molar-refractivity contribution in [1.29, 1.82) is 0 Å². The van der Waals surface area contributed by atoms with Gasteiger partial charge in [0.15, 0.2) is 0 Å². The van der Waals surface area contributed by atoms with E-state index in [0.717, 1.165) is 0 Å². The first kappa shape index (κ1) is 16.0. The molecule has 1 aliphatic rings. The highest BCUT2D eigenvalue weighted by atomic mass is 16.2. The zero-order chi connectivity index (χ0) is 16.1. The van der Waals surface area contributed by atoms with Crippen LogP contribution in [-0.4, -0.2) is 23.8 Å². The summed E-state index contributed by atoms with van der Waals surface area (Å²) in [5, 5.41) is 8.18. The Balaban J connectivity index is 1.87. The maximum Gasteiger partial charge on any atom is 0.246 e. The zero-order valence-corrected chi connectivity index (χ0v) is 12.8. The van der Waals surface area contributed by atoms with Crippen LogP contribution in [0.25, 0.3) is 0 Å². The smallest absolute Gasteiger partial charge is 0.246 e. The molecular weight excluding hydrogens is 282 g/mol. The number of hydrogen-bond donors (Lipinski definition) is 3. The fourth-order valence-electron chi connectivity index (χ4n) is 2.26. The van der Waals surface area contributed by atoms with Crippen LogP contribution in [0.15, 0.2) is 24.3 Å². The molecule has 1 saturated heterocycles. The van der Waals surface area contributed by atoms with Crippen molar-refractivity contribution in [2.45, 2.75) is 39.2 Å². The number of benzene rings is 1. The van der Waals surface area contributed by atoms with Crippen LogP contribution in [0.1, 0.15) is 33.1 Å². The number of nitrogens with one attached hydrogen (secondary N) is 3. The topological polar surface area (TPSA) is 87.3 Å². The quantitative estimate of drug-likeness (QED) is 0.776. The lowest BCUT2D eigenvalue weighted by Gasteiger charge is -2.12. The van der Waals surface area contributed by atoms with Crippen LogP contribution in [0.3, 0.4) is 0 Å². The van der Waals surface area contributed by atoms with Gasteiger partial charge in [-0.2, -0.15) is 0 Å². The van der Waals surface area contributed by atoms with Gasteiger partial charge >= 0.3 is 0 Å². The minimum absolute atomic E-state index is 0.0274. The Hall–Kier alpha value is -2.37. The Bertz CT molecular complexity index is 567. The van der Waals surface area contributed by atoms with Gasteiger partial charge in [0.05, 0.1) is 0 Å². The number of carbonyl (C=O) groups is 3. The molecule has 0 aromatic heterocycles. The van der Waals surface area contributed by atoms with Crippen molar-refractivity contribution in [3.63, 3.8) is 0 Å². The van der Waals surface area contributed by atoms with Crippen molar-refractivity contribution in [2.24, 2.45) is 5.92 Å². The van der Waals surface area contributed by atoms with E-state index in [0.29, 0.717) is 36.6 Å². The van der Waals surface area contributed by atoms with E-state index in [9.17, 15) is 14.4 Å². The molecule has 22 heavy (non-hydrogen) atoms. The largest absolute Gasteiger partial charge is 0.344 e. The lowest BCUT2D eigenvalue weighted by Crippen LogP contribution is -2.37. The monoisotopic (exact) mass is 303 g/mol. The third-order valence-corrected chi connectivity index (χ3v) is 3.34. The van der Waals surface area contributed by atoms with Gasteiger partial charge in [-0.25, -0.2) is 0 Å². The summed E-state index contributed by atoms with van der Waals surface area (Å²) < 4.78 is 0. The molecule has 118 valence electrons. The Morgan fingerprint density at radius 2 is 1.77 bits per heavy atom. The van der Waals surface area contributed by atoms with E-state index in [-0.39, 0.29) is 17.7 Å². The molecule has 0 bridgehead atoms. The highest BCUT2D eigenvalue weighted by molar-refractivity contribution is 5.99. The predicted octanol–water partition coefficient (Wildman–Crippen LogP) is 1.89. The van der Waals surface area contributed by atoms with Crippen molar-refractivity contribution in [1.82, 2.24) is 5.32 Å². The van der Waals surface area contributed by atoms with Gasteiger partial charge in [0.1, 0.15) is 6.04 Å². The second kappa shape index (κ2) is 7.06. The van der Waals surface area contributed by atoms with Crippen LogP contribution in [-0.2, 0) is 14.4 Å². The van der Waals surface area contributed by atoms with Gasteiger partial charge in [0.2, 0.25) is 17.7 Å². The molecule has 3 amide bonds. The summed E-state index contributed by atoms with van der Waals surface area (Å²) in [5.74, 6) is -0.0357. The average Bonchev–Trinajstić information content (AvgIpc) is 2.87. The average molecular weight is 303 g/mol. The summed E-state index contributed by atoms with van der Waals surface area (Å²) in [6.07, 6.45) is 1.38. The van der Waals surface area contributed by atoms with E-state index in [1.165, 1.54) is 0 Å². The lowest BCUT2D eigenvalue weighted by molar-refractivity contribution is -0.122. The number of anilines is 2. The van der Waals surface area contributed by atoms with Crippen molar-refractivity contribution >= 4 is 29.1 Å². The number of carbonyl (C=O) groups excluding carboxylic acids is 3. The Morgan fingerprint density at radius 1 is 1.18 bits per heavy atom. The first-order valence-corrected chi connectivity index (χ1v) is 7.44. The minimum atomic E-state index is -0.460. The Labute approximate surface area is 129 Å². The molecule has 2 rings (SSSR count). The summed E-state index contributed by atoms with van der Waals surface area (Å²) in [7, 11) is 0. The maximum absolute atomic E-state index is 11.9. The molecule has 0 unspecified atom stereocenters. The first-order chi connectivity index (χ1) is 10.4. The first-order valence-electron chi connectivity index (χ1n) is 7.44.